The van der Waals surface area contributed by atoms with Gasteiger partial charge in [-0.05, 0) is 57.0 Å². The number of carbonyl (C=O) groups is 2. The van der Waals surface area contributed by atoms with Crippen molar-refractivity contribution in [3.8, 4) is 0 Å². The highest BCUT2D eigenvalue weighted by Crippen LogP contribution is 2.23. The Balaban J connectivity index is 2.09. The molecule has 0 bridgehead atoms. The number of nitrogens with two attached hydrogens (primary N) is 1. The van der Waals surface area contributed by atoms with Gasteiger partial charge in [0.1, 0.15) is 0 Å². The molecular weight excluding hydrogens is 340 g/mol. The molecule has 2 aromatic rings. The first-order valence-electron chi connectivity index (χ1n) is 7.83. The number of aryl methyl sites for hydroxylation is 3. The third-order valence-electron chi connectivity index (χ3n) is 3.81. The Labute approximate surface area is 152 Å². The van der Waals surface area contributed by atoms with Crippen LogP contribution in [0.1, 0.15) is 34.0 Å². The molecule has 0 fully saturated rings. The number of anilines is 2. The van der Waals surface area contributed by atoms with Crippen LogP contribution in [0.3, 0.4) is 0 Å². The molecule has 2 aromatic carbocycles. The number of ether oxygens (including phenoxy) is 1. The van der Waals surface area contributed by atoms with Crippen LogP contribution in [-0.4, -0.2) is 18.0 Å². The number of rotatable bonds is 4. The Morgan fingerprint density at radius 2 is 1.72 bits per heavy atom. The van der Waals surface area contributed by atoms with E-state index < -0.39 is 18.0 Å². The summed E-state index contributed by atoms with van der Waals surface area (Å²) in [6.45, 7) is 7.34. The van der Waals surface area contributed by atoms with Gasteiger partial charge in [-0.2, -0.15) is 0 Å². The molecule has 0 aliphatic heterocycles. The van der Waals surface area contributed by atoms with Crippen molar-refractivity contribution < 1.29 is 14.3 Å². The van der Waals surface area contributed by atoms with Crippen LogP contribution in [0.2, 0.25) is 5.02 Å². The van der Waals surface area contributed by atoms with Crippen LogP contribution in [0, 0.1) is 20.8 Å². The molecule has 0 aliphatic rings. The fourth-order valence-corrected chi connectivity index (χ4v) is 2.78. The molecule has 0 heterocycles. The van der Waals surface area contributed by atoms with E-state index in [0.29, 0.717) is 5.02 Å². The summed E-state index contributed by atoms with van der Waals surface area (Å²) >= 11 is 5.81. The van der Waals surface area contributed by atoms with Gasteiger partial charge in [0.15, 0.2) is 6.10 Å². The van der Waals surface area contributed by atoms with Crippen LogP contribution in [0.4, 0.5) is 11.4 Å². The second-order valence-corrected chi connectivity index (χ2v) is 6.48. The molecule has 0 unspecified atom stereocenters. The summed E-state index contributed by atoms with van der Waals surface area (Å²) in [5.74, 6) is -1.08. The lowest BCUT2D eigenvalue weighted by Crippen LogP contribution is -2.30. The number of benzene rings is 2. The topological polar surface area (TPSA) is 81.4 Å². The molecule has 6 heteroatoms. The predicted molar refractivity (Wildman–Crippen MR) is 100 cm³/mol. The van der Waals surface area contributed by atoms with Gasteiger partial charge in [0.2, 0.25) is 0 Å². The monoisotopic (exact) mass is 360 g/mol. The lowest BCUT2D eigenvalue weighted by atomic mass is 10.0. The molecule has 0 radical (unpaired) electrons. The second kappa shape index (κ2) is 7.57. The zero-order valence-electron chi connectivity index (χ0n) is 14.6. The smallest absolute Gasteiger partial charge is 0.341 e. The van der Waals surface area contributed by atoms with Crippen molar-refractivity contribution in [3.05, 3.63) is 57.6 Å². The van der Waals surface area contributed by atoms with Crippen LogP contribution in [0.15, 0.2) is 30.3 Å². The van der Waals surface area contributed by atoms with Gasteiger partial charge in [0, 0.05) is 16.4 Å². The lowest BCUT2D eigenvalue weighted by Gasteiger charge is -2.17. The van der Waals surface area contributed by atoms with E-state index in [4.69, 9.17) is 22.1 Å². The van der Waals surface area contributed by atoms with E-state index in [-0.39, 0.29) is 11.3 Å². The van der Waals surface area contributed by atoms with Crippen molar-refractivity contribution in [1.82, 2.24) is 0 Å². The van der Waals surface area contributed by atoms with E-state index in [1.807, 2.05) is 32.9 Å². The van der Waals surface area contributed by atoms with Gasteiger partial charge in [0.05, 0.1) is 5.56 Å². The maximum atomic E-state index is 12.4. The van der Waals surface area contributed by atoms with E-state index in [0.717, 1.165) is 22.4 Å². The molecule has 0 aliphatic carbocycles. The minimum Gasteiger partial charge on any atom is -0.449 e. The summed E-state index contributed by atoms with van der Waals surface area (Å²) in [7, 11) is 0. The fourth-order valence-electron chi connectivity index (χ4n) is 2.60. The Kier molecular flexibility index (Phi) is 5.69. The minimum atomic E-state index is -0.970. The van der Waals surface area contributed by atoms with Gasteiger partial charge < -0.3 is 15.8 Å². The third kappa shape index (κ3) is 4.51. The van der Waals surface area contributed by atoms with Crippen LogP contribution in [0.5, 0.6) is 0 Å². The summed E-state index contributed by atoms with van der Waals surface area (Å²) in [6.07, 6.45) is -0.970. The van der Waals surface area contributed by atoms with Gasteiger partial charge in [-0.15, -0.1) is 0 Å². The van der Waals surface area contributed by atoms with Crippen LogP contribution in [0.25, 0.3) is 0 Å². The number of hydrogen-bond acceptors (Lipinski definition) is 4. The van der Waals surface area contributed by atoms with Gasteiger partial charge >= 0.3 is 5.97 Å². The number of nitrogens with one attached hydrogen (secondary N) is 1. The molecule has 0 saturated heterocycles. The Morgan fingerprint density at radius 1 is 1.12 bits per heavy atom. The molecule has 3 N–H and O–H groups in total. The van der Waals surface area contributed by atoms with Gasteiger partial charge in [-0.3, -0.25) is 4.79 Å². The standard InChI is InChI=1S/C19H21ClN2O3/c1-10-7-11(2)17(12(3)8-10)22-18(23)13(4)25-19(24)15-6-5-14(20)9-16(15)21/h5-9,13H,21H2,1-4H3,(H,22,23)/t13-/m1/s1. The number of hydrogen-bond donors (Lipinski definition) is 2. The van der Waals surface area contributed by atoms with Gasteiger partial charge in [-0.1, -0.05) is 29.3 Å². The van der Waals surface area contributed by atoms with E-state index in [2.05, 4.69) is 5.32 Å². The molecule has 0 aromatic heterocycles. The average molecular weight is 361 g/mol. The molecule has 1 atom stereocenters. The summed E-state index contributed by atoms with van der Waals surface area (Å²) in [5, 5.41) is 3.24. The number of nitrogen functional groups attached to an aromatic ring is 1. The molecule has 2 rings (SSSR count). The first-order chi connectivity index (χ1) is 11.7. The summed E-state index contributed by atoms with van der Waals surface area (Å²) in [6, 6.07) is 8.43. The summed E-state index contributed by atoms with van der Waals surface area (Å²) in [5.41, 5.74) is 9.89. The number of amides is 1. The van der Waals surface area contributed by atoms with Crippen molar-refractivity contribution in [1.29, 1.82) is 0 Å². The molecule has 25 heavy (non-hydrogen) atoms. The number of halogens is 1. The highest BCUT2D eigenvalue weighted by molar-refractivity contribution is 6.31. The van der Waals surface area contributed by atoms with Crippen molar-refractivity contribution in [2.24, 2.45) is 0 Å². The molecule has 132 valence electrons. The number of carbonyl (C=O) groups excluding carboxylic acids is 2. The Morgan fingerprint density at radius 3 is 2.28 bits per heavy atom. The second-order valence-electron chi connectivity index (χ2n) is 6.04. The average Bonchev–Trinajstić information content (AvgIpc) is 2.50. The van der Waals surface area contributed by atoms with Crippen LogP contribution >= 0.6 is 11.6 Å². The maximum absolute atomic E-state index is 12.4. The quantitative estimate of drug-likeness (QED) is 0.637. The van der Waals surface area contributed by atoms with Crippen molar-refractivity contribution >= 4 is 34.9 Å². The minimum absolute atomic E-state index is 0.173. The largest absolute Gasteiger partial charge is 0.449 e. The van der Waals surface area contributed by atoms with E-state index in [1.54, 1.807) is 0 Å². The highest BCUT2D eigenvalue weighted by atomic mass is 35.5. The SMILES string of the molecule is Cc1cc(C)c(NC(=O)[C@@H](C)OC(=O)c2ccc(Cl)cc2N)c(C)c1. The molecule has 0 saturated carbocycles. The zero-order valence-corrected chi connectivity index (χ0v) is 15.4. The van der Waals surface area contributed by atoms with Crippen LogP contribution < -0.4 is 11.1 Å². The highest BCUT2D eigenvalue weighted by Gasteiger charge is 2.21. The van der Waals surface area contributed by atoms with E-state index >= 15 is 0 Å². The zero-order chi connectivity index (χ0) is 18.7. The molecular formula is C19H21ClN2O3. The van der Waals surface area contributed by atoms with Gasteiger partial charge in [-0.25, -0.2) is 4.79 Å². The maximum Gasteiger partial charge on any atom is 0.341 e. The van der Waals surface area contributed by atoms with E-state index in [9.17, 15) is 9.59 Å². The number of esters is 1. The first-order valence-corrected chi connectivity index (χ1v) is 8.21. The van der Waals surface area contributed by atoms with Crippen molar-refractivity contribution in [3.63, 3.8) is 0 Å². The van der Waals surface area contributed by atoms with Crippen molar-refractivity contribution in [2.75, 3.05) is 11.1 Å². The lowest BCUT2D eigenvalue weighted by molar-refractivity contribution is -0.123. The van der Waals surface area contributed by atoms with Crippen LogP contribution in [-0.2, 0) is 9.53 Å². The Bertz CT molecular complexity index is 810. The molecule has 5 nitrogen and oxygen atoms in total. The van der Waals surface area contributed by atoms with E-state index in [1.165, 1.54) is 25.1 Å². The molecule has 1 amide bonds. The van der Waals surface area contributed by atoms with Crippen molar-refractivity contribution in [2.45, 2.75) is 33.8 Å². The fraction of sp³-hybridized carbons (Fsp3) is 0.263. The Hall–Kier alpha value is -2.53. The predicted octanol–water partition coefficient (Wildman–Crippen LogP) is 4.03. The first kappa shape index (κ1) is 18.8. The normalized spacial score (nSPS) is 11.7. The summed E-state index contributed by atoms with van der Waals surface area (Å²) in [4.78, 5) is 24.6. The molecule has 0 spiro atoms. The van der Waals surface area contributed by atoms with Gasteiger partial charge in [0.25, 0.3) is 5.91 Å². The summed E-state index contributed by atoms with van der Waals surface area (Å²) < 4.78 is 5.22. The third-order valence-corrected chi connectivity index (χ3v) is 4.05.